The number of hydrogen-bond donors (Lipinski definition) is 2. The van der Waals surface area contributed by atoms with E-state index < -0.39 is 0 Å². The van der Waals surface area contributed by atoms with E-state index in [9.17, 15) is 4.39 Å². The summed E-state index contributed by atoms with van der Waals surface area (Å²) in [6, 6.07) is 6.83. The molecule has 5 heteroatoms. The summed E-state index contributed by atoms with van der Waals surface area (Å²) in [6.07, 6.45) is 2.52. The first kappa shape index (κ1) is 18.7. The topological polar surface area (TPSA) is 39.7 Å². The van der Waals surface area contributed by atoms with Gasteiger partial charge < -0.3 is 15.5 Å². The molecule has 1 saturated heterocycles. The molecule has 1 aromatic rings. The lowest BCUT2D eigenvalue weighted by Crippen LogP contribution is -2.45. The lowest BCUT2D eigenvalue weighted by molar-refractivity contribution is 0.159. The largest absolute Gasteiger partial charge is 0.356 e. The molecule has 4 nitrogen and oxygen atoms in total. The van der Waals surface area contributed by atoms with Gasteiger partial charge in [-0.25, -0.2) is 4.39 Å². The van der Waals surface area contributed by atoms with Crippen LogP contribution in [0.25, 0.3) is 0 Å². The number of hydrogen-bond acceptors (Lipinski definition) is 2. The maximum atomic E-state index is 13.7. The van der Waals surface area contributed by atoms with E-state index in [0.29, 0.717) is 23.9 Å². The molecule has 0 amide bonds. The molecule has 1 fully saturated rings. The quantitative estimate of drug-likeness (QED) is 0.621. The van der Waals surface area contributed by atoms with Gasteiger partial charge in [0.1, 0.15) is 5.82 Å². The Morgan fingerprint density at radius 1 is 1.33 bits per heavy atom. The van der Waals surface area contributed by atoms with Gasteiger partial charge in [-0.05, 0) is 37.3 Å². The lowest BCUT2D eigenvalue weighted by Gasteiger charge is -2.34. The second-order valence-corrected chi connectivity index (χ2v) is 7.06. The van der Waals surface area contributed by atoms with E-state index in [1.54, 1.807) is 19.2 Å². The number of halogens is 1. The molecule has 134 valence electrons. The third-order valence-electron chi connectivity index (χ3n) is 4.41. The number of benzene rings is 1. The minimum absolute atomic E-state index is 0.183. The van der Waals surface area contributed by atoms with E-state index >= 15 is 0 Å². The maximum absolute atomic E-state index is 13.7. The van der Waals surface area contributed by atoms with Crippen molar-refractivity contribution in [2.75, 3.05) is 33.2 Å². The first-order valence-electron chi connectivity index (χ1n) is 8.98. The molecule has 1 aliphatic heterocycles. The van der Waals surface area contributed by atoms with Gasteiger partial charge in [-0.3, -0.25) is 4.99 Å². The normalized spacial score (nSPS) is 19.5. The van der Waals surface area contributed by atoms with Crippen LogP contribution in [0.5, 0.6) is 0 Å². The number of nitrogens with one attached hydrogen (secondary N) is 2. The van der Waals surface area contributed by atoms with Crippen LogP contribution in [0.2, 0.25) is 0 Å². The first-order valence-corrected chi connectivity index (χ1v) is 8.98. The Labute approximate surface area is 145 Å². The molecule has 1 aromatic carbocycles. The van der Waals surface area contributed by atoms with Crippen molar-refractivity contribution in [2.45, 2.75) is 33.2 Å². The van der Waals surface area contributed by atoms with Crippen molar-refractivity contribution >= 4 is 5.96 Å². The molecule has 0 saturated carbocycles. The molecule has 0 spiro atoms. The monoisotopic (exact) mass is 334 g/mol. The van der Waals surface area contributed by atoms with Gasteiger partial charge in [-0.15, -0.1) is 0 Å². The molecular formula is C19H31FN4. The molecule has 1 atom stereocenters. The summed E-state index contributed by atoms with van der Waals surface area (Å²) >= 11 is 0. The minimum Gasteiger partial charge on any atom is -0.356 e. The molecule has 0 bridgehead atoms. The summed E-state index contributed by atoms with van der Waals surface area (Å²) in [7, 11) is 1.75. The summed E-state index contributed by atoms with van der Waals surface area (Å²) in [4.78, 5) is 6.81. The smallest absolute Gasteiger partial charge is 0.191 e. The molecule has 24 heavy (non-hydrogen) atoms. The number of guanidine groups is 1. The highest BCUT2D eigenvalue weighted by Crippen LogP contribution is 2.16. The fraction of sp³-hybridized carbons (Fsp3) is 0.632. The summed E-state index contributed by atoms with van der Waals surface area (Å²) in [5.74, 6) is 1.91. The van der Waals surface area contributed by atoms with Crippen molar-refractivity contribution in [3.05, 3.63) is 35.6 Å². The van der Waals surface area contributed by atoms with Crippen LogP contribution < -0.4 is 10.6 Å². The minimum atomic E-state index is -0.183. The van der Waals surface area contributed by atoms with Crippen LogP contribution in [0.1, 0.15) is 32.3 Å². The Morgan fingerprint density at radius 2 is 2.12 bits per heavy atom. The van der Waals surface area contributed by atoms with Crippen molar-refractivity contribution in [1.29, 1.82) is 0 Å². The number of piperidine rings is 1. The standard InChI is InChI=1S/C19H31FN4/c1-15(2)13-24-10-6-7-16(14-24)11-22-19(21-3)23-12-17-8-4-5-9-18(17)20/h4-5,8-9,15-16H,6-7,10-14H2,1-3H3,(H2,21,22,23). The fourth-order valence-electron chi connectivity index (χ4n) is 3.28. The SMILES string of the molecule is CN=C(NCc1ccccc1F)NCC1CCCN(CC(C)C)C1. The van der Waals surface area contributed by atoms with Gasteiger partial charge in [-0.2, -0.15) is 0 Å². The molecular weight excluding hydrogens is 303 g/mol. The molecule has 1 unspecified atom stereocenters. The van der Waals surface area contributed by atoms with E-state index in [1.807, 2.05) is 6.07 Å². The van der Waals surface area contributed by atoms with Crippen LogP contribution >= 0.6 is 0 Å². The van der Waals surface area contributed by atoms with Gasteiger partial charge in [0.2, 0.25) is 0 Å². The number of aliphatic imine (C=N–C) groups is 1. The predicted octanol–water partition coefficient (Wildman–Crippen LogP) is 2.86. The van der Waals surface area contributed by atoms with Crippen LogP contribution in [0.4, 0.5) is 4.39 Å². The summed E-state index contributed by atoms with van der Waals surface area (Å²) in [6.45, 7) is 9.44. The fourth-order valence-corrected chi connectivity index (χ4v) is 3.28. The van der Waals surface area contributed by atoms with Gasteiger partial charge >= 0.3 is 0 Å². The van der Waals surface area contributed by atoms with Crippen molar-refractivity contribution in [3.63, 3.8) is 0 Å². The number of likely N-dealkylation sites (tertiary alicyclic amines) is 1. The highest BCUT2D eigenvalue weighted by Gasteiger charge is 2.20. The van der Waals surface area contributed by atoms with Crippen LogP contribution in [-0.4, -0.2) is 44.1 Å². The highest BCUT2D eigenvalue weighted by atomic mass is 19.1. The van der Waals surface area contributed by atoms with E-state index in [2.05, 4.69) is 34.4 Å². The third-order valence-corrected chi connectivity index (χ3v) is 4.41. The van der Waals surface area contributed by atoms with Gasteiger partial charge in [0.05, 0.1) is 0 Å². The summed E-state index contributed by atoms with van der Waals surface area (Å²) in [5.41, 5.74) is 0.654. The predicted molar refractivity (Wildman–Crippen MR) is 98.6 cm³/mol. The first-order chi connectivity index (χ1) is 11.6. The van der Waals surface area contributed by atoms with E-state index in [0.717, 1.165) is 19.0 Å². The third kappa shape index (κ3) is 6.11. The molecule has 0 aromatic heterocycles. The van der Waals surface area contributed by atoms with Crippen molar-refractivity contribution < 1.29 is 4.39 Å². The Hall–Kier alpha value is -1.62. The van der Waals surface area contributed by atoms with Crippen molar-refractivity contribution in [2.24, 2.45) is 16.8 Å². The van der Waals surface area contributed by atoms with E-state index in [4.69, 9.17) is 0 Å². The Kier molecular flexibility index (Phi) is 7.50. The van der Waals surface area contributed by atoms with Gasteiger partial charge in [-0.1, -0.05) is 32.0 Å². The second kappa shape index (κ2) is 9.62. The zero-order chi connectivity index (χ0) is 17.4. The zero-order valence-corrected chi connectivity index (χ0v) is 15.2. The molecule has 2 rings (SSSR count). The molecule has 0 aliphatic carbocycles. The molecule has 0 radical (unpaired) electrons. The average Bonchev–Trinajstić information content (AvgIpc) is 2.56. The van der Waals surface area contributed by atoms with Crippen molar-refractivity contribution in [3.8, 4) is 0 Å². The van der Waals surface area contributed by atoms with Crippen LogP contribution in [0.3, 0.4) is 0 Å². The van der Waals surface area contributed by atoms with E-state index in [1.165, 1.54) is 32.0 Å². The Balaban J connectivity index is 1.76. The number of nitrogens with zero attached hydrogens (tertiary/aromatic N) is 2. The van der Waals surface area contributed by atoms with Crippen molar-refractivity contribution in [1.82, 2.24) is 15.5 Å². The zero-order valence-electron chi connectivity index (χ0n) is 15.2. The van der Waals surface area contributed by atoms with Gasteiger partial charge in [0.15, 0.2) is 5.96 Å². The average molecular weight is 334 g/mol. The van der Waals surface area contributed by atoms with Crippen LogP contribution in [-0.2, 0) is 6.54 Å². The van der Waals surface area contributed by atoms with Gasteiger partial charge in [0.25, 0.3) is 0 Å². The Bertz CT molecular complexity index is 530. The molecule has 2 N–H and O–H groups in total. The summed E-state index contributed by atoms with van der Waals surface area (Å²) in [5, 5.41) is 6.59. The van der Waals surface area contributed by atoms with E-state index in [-0.39, 0.29) is 5.82 Å². The van der Waals surface area contributed by atoms with Gasteiger partial charge in [0, 0.05) is 38.8 Å². The molecule has 1 heterocycles. The lowest BCUT2D eigenvalue weighted by atomic mass is 9.97. The molecule has 1 aliphatic rings. The Morgan fingerprint density at radius 3 is 2.83 bits per heavy atom. The van der Waals surface area contributed by atoms with Crippen LogP contribution in [0.15, 0.2) is 29.3 Å². The second-order valence-electron chi connectivity index (χ2n) is 7.06. The summed E-state index contributed by atoms with van der Waals surface area (Å²) < 4.78 is 13.7. The van der Waals surface area contributed by atoms with Crippen LogP contribution in [0, 0.1) is 17.7 Å². The highest BCUT2D eigenvalue weighted by molar-refractivity contribution is 5.79. The number of rotatable bonds is 6. The maximum Gasteiger partial charge on any atom is 0.191 e.